The van der Waals surface area contributed by atoms with Gasteiger partial charge in [-0.1, -0.05) is 32.3 Å². The minimum atomic E-state index is -3.35. The summed E-state index contributed by atoms with van der Waals surface area (Å²) in [5.41, 5.74) is 0.969. The quantitative estimate of drug-likeness (QED) is 0.866. The maximum absolute atomic E-state index is 12.9. The predicted molar refractivity (Wildman–Crippen MR) is 93.1 cm³/mol. The van der Waals surface area contributed by atoms with Crippen molar-refractivity contribution in [3.63, 3.8) is 0 Å². The molecule has 23 heavy (non-hydrogen) atoms. The summed E-state index contributed by atoms with van der Waals surface area (Å²) in [4.78, 5) is 14.9. The van der Waals surface area contributed by atoms with E-state index in [-0.39, 0.29) is 5.91 Å². The van der Waals surface area contributed by atoms with Crippen molar-refractivity contribution >= 4 is 21.6 Å². The van der Waals surface area contributed by atoms with Crippen LogP contribution in [0.5, 0.6) is 0 Å². The van der Waals surface area contributed by atoms with E-state index in [2.05, 4.69) is 11.6 Å². The monoisotopic (exact) mass is 338 g/mol. The van der Waals surface area contributed by atoms with E-state index in [1.54, 1.807) is 24.3 Å². The summed E-state index contributed by atoms with van der Waals surface area (Å²) in [5.74, 6) is -0.00380. The standard InChI is InChI=1S/C17H26N2O3S/c1-3-12-19(16-10-5-4-6-11-16)17(20)14-8-7-9-15(13-14)18-23(2,21)22/h7-9,13,16,18H,3-6,10-12H2,1-2H3. The number of hydrogen-bond acceptors (Lipinski definition) is 3. The molecule has 1 saturated carbocycles. The lowest BCUT2D eigenvalue weighted by molar-refractivity contribution is 0.0634. The number of sulfonamides is 1. The Morgan fingerprint density at radius 1 is 1.26 bits per heavy atom. The van der Waals surface area contributed by atoms with Crippen molar-refractivity contribution in [2.45, 2.75) is 51.5 Å². The van der Waals surface area contributed by atoms with Crippen LogP contribution < -0.4 is 4.72 Å². The van der Waals surface area contributed by atoms with Crippen LogP contribution in [0.3, 0.4) is 0 Å². The van der Waals surface area contributed by atoms with Crippen LogP contribution in [0.25, 0.3) is 0 Å². The van der Waals surface area contributed by atoms with Gasteiger partial charge in [0.2, 0.25) is 10.0 Å². The fourth-order valence-electron chi connectivity index (χ4n) is 3.18. The third-order valence-corrected chi connectivity index (χ3v) is 4.76. The van der Waals surface area contributed by atoms with E-state index < -0.39 is 10.0 Å². The minimum Gasteiger partial charge on any atom is -0.336 e. The van der Waals surface area contributed by atoms with E-state index in [4.69, 9.17) is 0 Å². The topological polar surface area (TPSA) is 66.5 Å². The van der Waals surface area contributed by atoms with Gasteiger partial charge in [-0.25, -0.2) is 8.42 Å². The highest BCUT2D eigenvalue weighted by atomic mass is 32.2. The third-order valence-electron chi connectivity index (χ3n) is 4.15. The molecule has 1 N–H and O–H groups in total. The Morgan fingerprint density at radius 2 is 1.96 bits per heavy atom. The lowest BCUT2D eigenvalue weighted by Gasteiger charge is -2.34. The zero-order chi connectivity index (χ0) is 16.9. The number of carbonyl (C=O) groups excluding carboxylic acids is 1. The van der Waals surface area contributed by atoms with Gasteiger partial charge in [0.15, 0.2) is 0 Å². The first kappa shape index (κ1) is 17.8. The molecule has 0 saturated heterocycles. The normalized spacial score (nSPS) is 16.1. The molecule has 1 fully saturated rings. The maximum atomic E-state index is 12.9. The Kier molecular flexibility index (Phi) is 6.04. The van der Waals surface area contributed by atoms with Gasteiger partial charge in [-0.3, -0.25) is 9.52 Å². The number of amides is 1. The minimum absolute atomic E-state index is 0.00380. The van der Waals surface area contributed by atoms with Crippen molar-refractivity contribution < 1.29 is 13.2 Å². The number of nitrogens with one attached hydrogen (secondary N) is 1. The summed E-state index contributed by atoms with van der Waals surface area (Å²) in [6, 6.07) is 7.05. The lowest BCUT2D eigenvalue weighted by atomic mass is 9.93. The van der Waals surface area contributed by atoms with Gasteiger partial charge in [-0.05, 0) is 37.5 Å². The Balaban J connectivity index is 2.20. The lowest BCUT2D eigenvalue weighted by Crippen LogP contribution is -2.42. The summed E-state index contributed by atoms with van der Waals surface area (Å²) in [5, 5.41) is 0. The van der Waals surface area contributed by atoms with Crippen molar-refractivity contribution in [1.29, 1.82) is 0 Å². The molecule has 1 aromatic rings. The molecule has 1 aromatic carbocycles. The largest absolute Gasteiger partial charge is 0.336 e. The summed E-state index contributed by atoms with van der Waals surface area (Å²) in [6.07, 6.45) is 7.75. The van der Waals surface area contributed by atoms with Crippen LogP contribution in [0.4, 0.5) is 5.69 Å². The zero-order valence-corrected chi connectivity index (χ0v) is 14.7. The van der Waals surface area contributed by atoms with Crippen LogP contribution in [0, 0.1) is 0 Å². The Hall–Kier alpha value is -1.56. The highest BCUT2D eigenvalue weighted by molar-refractivity contribution is 7.92. The number of hydrogen-bond donors (Lipinski definition) is 1. The molecule has 0 spiro atoms. The number of carbonyl (C=O) groups is 1. The van der Waals surface area contributed by atoms with Crippen LogP contribution in [0.1, 0.15) is 55.8 Å². The average molecular weight is 338 g/mol. The van der Waals surface area contributed by atoms with Crippen molar-refractivity contribution in [2.24, 2.45) is 0 Å². The molecule has 1 amide bonds. The number of benzene rings is 1. The molecule has 1 aliphatic rings. The molecule has 0 aromatic heterocycles. The van der Waals surface area contributed by atoms with E-state index >= 15 is 0 Å². The van der Waals surface area contributed by atoms with E-state index in [1.165, 1.54) is 19.3 Å². The van der Waals surface area contributed by atoms with Gasteiger partial charge in [0, 0.05) is 23.8 Å². The van der Waals surface area contributed by atoms with Gasteiger partial charge < -0.3 is 4.90 Å². The molecule has 0 heterocycles. The van der Waals surface area contributed by atoms with Crippen LogP contribution in [0.15, 0.2) is 24.3 Å². The summed E-state index contributed by atoms with van der Waals surface area (Å²) in [6.45, 7) is 2.82. The number of anilines is 1. The molecular weight excluding hydrogens is 312 g/mol. The summed E-state index contributed by atoms with van der Waals surface area (Å²) < 4.78 is 25.1. The van der Waals surface area contributed by atoms with E-state index in [0.717, 1.165) is 32.1 Å². The first-order valence-electron chi connectivity index (χ1n) is 8.29. The zero-order valence-electron chi connectivity index (χ0n) is 13.9. The van der Waals surface area contributed by atoms with Crippen molar-refractivity contribution in [1.82, 2.24) is 4.90 Å². The first-order valence-corrected chi connectivity index (χ1v) is 10.2. The molecule has 128 valence electrons. The molecule has 5 nitrogen and oxygen atoms in total. The average Bonchev–Trinajstić information content (AvgIpc) is 2.51. The van der Waals surface area contributed by atoms with Crippen LogP contribution >= 0.6 is 0 Å². The second-order valence-corrected chi connectivity index (χ2v) is 7.99. The van der Waals surface area contributed by atoms with Crippen LogP contribution in [0.2, 0.25) is 0 Å². The Morgan fingerprint density at radius 3 is 2.57 bits per heavy atom. The van der Waals surface area contributed by atoms with Crippen molar-refractivity contribution in [3.8, 4) is 0 Å². The molecule has 1 aliphatic carbocycles. The highest BCUT2D eigenvalue weighted by Crippen LogP contribution is 2.25. The van der Waals surface area contributed by atoms with Gasteiger partial charge in [-0.15, -0.1) is 0 Å². The summed E-state index contributed by atoms with van der Waals surface area (Å²) >= 11 is 0. The molecule has 0 aliphatic heterocycles. The second kappa shape index (κ2) is 7.81. The molecule has 0 bridgehead atoms. The predicted octanol–water partition coefficient (Wildman–Crippen LogP) is 3.24. The van der Waals surface area contributed by atoms with Gasteiger partial charge in [-0.2, -0.15) is 0 Å². The fraction of sp³-hybridized carbons (Fsp3) is 0.588. The SMILES string of the molecule is CCCN(C(=O)c1cccc(NS(C)(=O)=O)c1)C1CCCCC1. The van der Waals surface area contributed by atoms with E-state index in [0.29, 0.717) is 17.3 Å². The first-order chi connectivity index (χ1) is 10.9. The Bertz CT molecular complexity index is 637. The van der Waals surface area contributed by atoms with Crippen molar-refractivity contribution in [2.75, 3.05) is 17.5 Å². The molecule has 2 rings (SSSR count). The van der Waals surface area contributed by atoms with Crippen LogP contribution in [-0.2, 0) is 10.0 Å². The smallest absolute Gasteiger partial charge is 0.254 e. The maximum Gasteiger partial charge on any atom is 0.254 e. The van der Waals surface area contributed by atoms with Gasteiger partial charge in [0.05, 0.1) is 6.26 Å². The van der Waals surface area contributed by atoms with Gasteiger partial charge >= 0.3 is 0 Å². The van der Waals surface area contributed by atoms with Crippen LogP contribution in [-0.4, -0.2) is 38.1 Å². The fourth-order valence-corrected chi connectivity index (χ4v) is 3.73. The van der Waals surface area contributed by atoms with Gasteiger partial charge in [0.1, 0.15) is 0 Å². The Labute approximate surface area is 139 Å². The van der Waals surface area contributed by atoms with Gasteiger partial charge in [0.25, 0.3) is 5.91 Å². The highest BCUT2D eigenvalue weighted by Gasteiger charge is 2.25. The number of rotatable bonds is 6. The molecule has 0 atom stereocenters. The third kappa shape index (κ3) is 5.23. The number of nitrogens with zero attached hydrogens (tertiary/aromatic N) is 1. The van der Waals surface area contributed by atoms with E-state index in [9.17, 15) is 13.2 Å². The molecule has 0 unspecified atom stereocenters. The summed E-state index contributed by atoms with van der Waals surface area (Å²) in [7, 11) is -3.35. The van der Waals surface area contributed by atoms with E-state index in [1.807, 2.05) is 4.90 Å². The molecule has 0 radical (unpaired) electrons. The molecule has 6 heteroatoms. The second-order valence-electron chi connectivity index (χ2n) is 6.25. The van der Waals surface area contributed by atoms with Crippen molar-refractivity contribution in [3.05, 3.63) is 29.8 Å². The molecular formula is C17H26N2O3S.